The summed E-state index contributed by atoms with van der Waals surface area (Å²) < 4.78 is 21.0. The van der Waals surface area contributed by atoms with E-state index in [-0.39, 0.29) is 19.0 Å². The second-order valence-corrected chi connectivity index (χ2v) is 4.51. The van der Waals surface area contributed by atoms with Crippen molar-refractivity contribution in [3.05, 3.63) is 36.3 Å². The Morgan fingerprint density at radius 2 is 1.86 bits per heavy atom. The zero-order valence-corrected chi connectivity index (χ0v) is 11.5. The summed E-state index contributed by atoms with van der Waals surface area (Å²) in [6.45, 7) is 0.723. The maximum Gasteiger partial charge on any atom is 0.308 e. The van der Waals surface area contributed by atoms with Crippen molar-refractivity contribution < 1.29 is 28.5 Å². The second-order valence-electron chi connectivity index (χ2n) is 4.51. The van der Waals surface area contributed by atoms with Crippen LogP contribution >= 0.6 is 0 Å². The van der Waals surface area contributed by atoms with Gasteiger partial charge in [0.25, 0.3) is 5.91 Å². The number of amides is 2. The van der Waals surface area contributed by atoms with E-state index in [0.717, 1.165) is 0 Å². The predicted octanol–water partition coefficient (Wildman–Crippen LogP) is -0.138. The zero-order valence-electron chi connectivity index (χ0n) is 11.5. The molecule has 2 aliphatic heterocycles. The molecule has 8 nitrogen and oxygen atoms in total. The molecule has 0 aliphatic carbocycles. The van der Waals surface area contributed by atoms with Gasteiger partial charge in [0.05, 0.1) is 0 Å². The molecule has 2 N–H and O–H groups in total. The van der Waals surface area contributed by atoms with Crippen molar-refractivity contribution in [3.63, 3.8) is 0 Å². The van der Waals surface area contributed by atoms with Crippen LogP contribution in [0.15, 0.2) is 36.3 Å². The molecule has 0 saturated carbocycles. The van der Waals surface area contributed by atoms with E-state index in [1.165, 1.54) is 6.26 Å². The average Bonchev–Trinajstić information content (AvgIpc) is 2.59. The first-order chi connectivity index (χ1) is 10.7. The number of nitrogens with one attached hydrogen (secondary N) is 2. The van der Waals surface area contributed by atoms with Gasteiger partial charge < -0.3 is 18.9 Å². The van der Waals surface area contributed by atoms with E-state index in [1.54, 1.807) is 18.2 Å². The first-order valence-corrected chi connectivity index (χ1v) is 6.67. The minimum atomic E-state index is -0.854. The molecule has 1 unspecified atom stereocenters. The fourth-order valence-electron chi connectivity index (χ4n) is 1.90. The van der Waals surface area contributed by atoms with Gasteiger partial charge in [-0.05, 0) is 12.1 Å². The highest BCUT2D eigenvalue weighted by molar-refractivity contribution is 5.93. The van der Waals surface area contributed by atoms with E-state index < -0.39 is 17.9 Å². The normalized spacial score (nSPS) is 19.1. The molecule has 3 rings (SSSR count). The van der Waals surface area contributed by atoms with E-state index in [1.807, 2.05) is 6.07 Å². The zero-order chi connectivity index (χ0) is 15.4. The average molecular weight is 306 g/mol. The van der Waals surface area contributed by atoms with Crippen molar-refractivity contribution in [3.8, 4) is 11.5 Å². The van der Waals surface area contributed by atoms with Gasteiger partial charge in [-0.1, -0.05) is 12.1 Å². The third kappa shape index (κ3) is 3.05. The minimum absolute atomic E-state index is 0.00212. The number of carbonyl (C=O) groups is 2. The molecule has 0 aromatic heterocycles. The van der Waals surface area contributed by atoms with E-state index in [9.17, 15) is 9.59 Å². The van der Waals surface area contributed by atoms with Gasteiger partial charge in [-0.15, -0.1) is 0 Å². The summed E-state index contributed by atoms with van der Waals surface area (Å²) in [5.74, 6) is -0.0801. The number of benzene rings is 1. The minimum Gasteiger partial charge on any atom is -0.494 e. The molecule has 8 heteroatoms. The highest BCUT2D eigenvalue weighted by Gasteiger charge is 2.28. The van der Waals surface area contributed by atoms with Crippen LogP contribution in [0.3, 0.4) is 0 Å². The van der Waals surface area contributed by atoms with Crippen molar-refractivity contribution in [1.29, 1.82) is 0 Å². The van der Waals surface area contributed by atoms with E-state index >= 15 is 0 Å². The Kier molecular flexibility index (Phi) is 3.99. The van der Waals surface area contributed by atoms with Crippen molar-refractivity contribution in [2.24, 2.45) is 0 Å². The lowest BCUT2D eigenvalue weighted by Crippen LogP contribution is -2.51. The fourth-order valence-corrected chi connectivity index (χ4v) is 1.90. The smallest absolute Gasteiger partial charge is 0.308 e. The molecule has 1 atom stereocenters. The van der Waals surface area contributed by atoms with Crippen LogP contribution in [-0.2, 0) is 19.1 Å². The number of carbonyl (C=O) groups excluding carboxylic acids is 2. The summed E-state index contributed by atoms with van der Waals surface area (Å²) in [5.41, 5.74) is 4.49. The first-order valence-electron chi connectivity index (χ1n) is 6.67. The topological polar surface area (TPSA) is 95.1 Å². The van der Waals surface area contributed by atoms with Crippen LogP contribution in [0.2, 0.25) is 0 Å². The lowest BCUT2D eigenvalue weighted by molar-refractivity contribution is -0.135. The van der Waals surface area contributed by atoms with Crippen molar-refractivity contribution in [2.75, 3.05) is 19.8 Å². The maximum atomic E-state index is 12.0. The molecule has 0 spiro atoms. The fraction of sp³-hybridized carbons (Fsp3) is 0.286. The molecule has 2 amide bonds. The maximum absolute atomic E-state index is 12.0. The Balaban J connectivity index is 1.52. The van der Waals surface area contributed by atoms with E-state index in [4.69, 9.17) is 18.9 Å². The van der Waals surface area contributed by atoms with Crippen LogP contribution in [0.4, 0.5) is 0 Å². The molecule has 2 heterocycles. The molecule has 0 bridgehead atoms. The molecule has 116 valence electrons. The van der Waals surface area contributed by atoms with Gasteiger partial charge in [-0.2, -0.15) is 0 Å². The Morgan fingerprint density at radius 3 is 2.64 bits per heavy atom. The summed E-state index contributed by atoms with van der Waals surface area (Å²) >= 11 is 0. The number of hydrogen-bond donors (Lipinski definition) is 2. The number of hydrazine groups is 1. The van der Waals surface area contributed by atoms with E-state index in [0.29, 0.717) is 18.1 Å². The van der Waals surface area contributed by atoms with Crippen LogP contribution in [0.1, 0.15) is 0 Å². The Labute approximate surface area is 125 Å². The SMILES string of the molecule is O=C(NNC(=O)C1COc2ccccc2O1)C1=COCCO1. The van der Waals surface area contributed by atoms with Gasteiger partial charge in [-0.25, -0.2) is 0 Å². The standard InChI is InChI=1S/C14H14N2O6/c17-13(11-7-19-5-6-20-11)15-16-14(18)12-8-21-9-3-1-2-4-10(9)22-12/h1-4,7,12H,5-6,8H2,(H,15,17)(H,16,18). The van der Waals surface area contributed by atoms with Crippen LogP contribution < -0.4 is 20.3 Å². The van der Waals surface area contributed by atoms with Gasteiger partial charge in [0.15, 0.2) is 11.5 Å². The molecular formula is C14H14N2O6. The van der Waals surface area contributed by atoms with Gasteiger partial charge in [-0.3, -0.25) is 20.4 Å². The summed E-state index contributed by atoms with van der Waals surface area (Å²) in [6, 6.07) is 7.03. The van der Waals surface area contributed by atoms with Crippen molar-refractivity contribution in [1.82, 2.24) is 10.9 Å². The van der Waals surface area contributed by atoms with Gasteiger partial charge >= 0.3 is 5.91 Å². The summed E-state index contributed by atoms with van der Waals surface area (Å²) in [5, 5.41) is 0. The lowest BCUT2D eigenvalue weighted by Gasteiger charge is -2.25. The second kappa shape index (κ2) is 6.25. The molecule has 0 saturated heterocycles. The van der Waals surface area contributed by atoms with Crippen LogP contribution in [-0.4, -0.2) is 37.7 Å². The molecule has 2 aliphatic rings. The molecule has 0 radical (unpaired) electrons. The summed E-state index contributed by atoms with van der Waals surface area (Å²) in [6.07, 6.45) is 0.342. The molecule has 1 aromatic rings. The number of hydrogen-bond acceptors (Lipinski definition) is 6. The third-order valence-corrected chi connectivity index (χ3v) is 2.97. The van der Waals surface area contributed by atoms with E-state index in [2.05, 4.69) is 10.9 Å². The highest BCUT2D eigenvalue weighted by atomic mass is 16.6. The van der Waals surface area contributed by atoms with Crippen LogP contribution in [0.5, 0.6) is 11.5 Å². The Morgan fingerprint density at radius 1 is 1.05 bits per heavy atom. The third-order valence-electron chi connectivity index (χ3n) is 2.97. The number of rotatable bonds is 2. The molecule has 0 fully saturated rings. The van der Waals surface area contributed by atoms with Crippen LogP contribution in [0.25, 0.3) is 0 Å². The summed E-state index contributed by atoms with van der Waals surface area (Å²) in [4.78, 5) is 23.7. The first kappa shape index (κ1) is 14.1. The van der Waals surface area contributed by atoms with Gasteiger partial charge in [0.1, 0.15) is 26.1 Å². The number of ether oxygens (including phenoxy) is 4. The lowest BCUT2D eigenvalue weighted by atomic mass is 10.2. The predicted molar refractivity (Wildman–Crippen MR) is 72.6 cm³/mol. The highest BCUT2D eigenvalue weighted by Crippen LogP contribution is 2.30. The van der Waals surface area contributed by atoms with Crippen molar-refractivity contribution >= 4 is 11.8 Å². The van der Waals surface area contributed by atoms with Gasteiger partial charge in [0, 0.05) is 0 Å². The Bertz CT molecular complexity index is 615. The molecular weight excluding hydrogens is 292 g/mol. The number of fused-ring (bicyclic) bond motifs is 1. The summed E-state index contributed by atoms with van der Waals surface area (Å²) in [7, 11) is 0. The van der Waals surface area contributed by atoms with Gasteiger partial charge in [0.2, 0.25) is 11.9 Å². The largest absolute Gasteiger partial charge is 0.494 e. The monoisotopic (exact) mass is 306 g/mol. The Hall–Kier alpha value is -2.90. The van der Waals surface area contributed by atoms with Crippen molar-refractivity contribution in [2.45, 2.75) is 6.10 Å². The molecule has 1 aromatic carbocycles. The van der Waals surface area contributed by atoms with Crippen LogP contribution in [0, 0.1) is 0 Å². The quantitative estimate of drug-likeness (QED) is 0.739. The number of para-hydroxylation sites is 2. The molecule has 22 heavy (non-hydrogen) atoms.